The van der Waals surface area contributed by atoms with E-state index in [-0.39, 0.29) is 27.5 Å². The Morgan fingerprint density at radius 2 is 0.759 bits per heavy atom. The summed E-state index contributed by atoms with van der Waals surface area (Å²) in [6.45, 7) is 0. The summed E-state index contributed by atoms with van der Waals surface area (Å²) in [6.07, 6.45) is -1.39. The summed E-state index contributed by atoms with van der Waals surface area (Å²) < 4.78 is 46.7. The van der Waals surface area contributed by atoms with Gasteiger partial charge in [-0.25, -0.2) is 13.2 Å². The first kappa shape index (κ1) is 37.9. The molecule has 0 aliphatic rings. The average Bonchev–Trinajstić information content (AvgIpc) is 3.92. The Morgan fingerprint density at radius 3 is 1.35 bits per heavy atom. The number of carboxylic acid groups (broad SMARTS) is 4. The van der Waals surface area contributed by atoms with Gasteiger partial charge in [0.1, 0.15) is 17.5 Å². The second-order valence-corrected chi connectivity index (χ2v) is 18.7. The van der Waals surface area contributed by atoms with E-state index in [0.717, 1.165) is 56.7 Å². The summed E-state index contributed by atoms with van der Waals surface area (Å²) >= 11 is 7.81. The Labute approximate surface area is 330 Å². The van der Waals surface area contributed by atoms with Crippen molar-refractivity contribution in [1.29, 1.82) is 0 Å². The maximum Gasteiger partial charge on any atom is 0.307 e. The van der Waals surface area contributed by atoms with Crippen LogP contribution < -0.4 is 0 Å². The maximum atomic E-state index is 15.8. The molecule has 54 heavy (non-hydrogen) atoms. The van der Waals surface area contributed by atoms with E-state index in [1.165, 1.54) is 40.9 Å². The molecule has 7 aromatic rings. The zero-order valence-electron chi connectivity index (χ0n) is 26.9. The molecule has 0 aliphatic carbocycles. The van der Waals surface area contributed by atoms with E-state index in [9.17, 15) is 39.6 Å². The van der Waals surface area contributed by atoms with Gasteiger partial charge >= 0.3 is 23.9 Å². The van der Waals surface area contributed by atoms with Gasteiger partial charge in [-0.1, -0.05) is 0 Å². The number of thiophene rings is 7. The molecule has 0 unspecified atom stereocenters. The Morgan fingerprint density at radius 1 is 0.407 bits per heavy atom. The van der Waals surface area contributed by atoms with Crippen LogP contribution in [0.1, 0.15) is 22.3 Å². The van der Waals surface area contributed by atoms with Crippen LogP contribution in [-0.4, -0.2) is 44.3 Å². The average molecular weight is 863 g/mol. The van der Waals surface area contributed by atoms with Gasteiger partial charge in [0, 0.05) is 34.1 Å². The van der Waals surface area contributed by atoms with Crippen molar-refractivity contribution in [1.82, 2.24) is 0 Å². The molecule has 0 aliphatic heterocycles. The number of carboxylic acids is 4. The molecular weight excluding hydrogens is 842 g/mol. The predicted octanol–water partition coefficient (Wildman–Crippen LogP) is 11.0. The highest BCUT2D eigenvalue weighted by Gasteiger charge is 2.26. The fourth-order valence-corrected chi connectivity index (χ4v) is 13.8. The van der Waals surface area contributed by atoms with Crippen LogP contribution in [0.15, 0.2) is 53.2 Å². The largest absolute Gasteiger partial charge is 0.481 e. The zero-order chi connectivity index (χ0) is 38.4. The van der Waals surface area contributed by atoms with Gasteiger partial charge < -0.3 is 20.4 Å². The van der Waals surface area contributed by atoms with Crippen LogP contribution in [0.2, 0.25) is 0 Å². The van der Waals surface area contributed by atoms with Crippen molar-refractivity contribution in [3.8, 4) is 58.5 Å². The van der Waals surface area contributed by atoms with Gasteiger partial charge in [0.15, 0.2) is 0 Å². The summed E-state index contributed by atoms with van der Waals surface area (Å²) in [5.74, 6) is -6.23. The van der Waals surface area contributed by atoms with E-state index in [1.54, 1.807) is 35.0 Å². The fraction of sp³-hybridized carbons (Fsp3) is 0.111. The van der Waals surface area contributed by atoms with Gasteiger partial charge in [-0.15, -0.1) is 79.4 Å². The van der Waals surface area contributed by atoms with E-state index in [4.69, 9.17) is 0 Å². The van der Waals surface area contributed by atoms with E-state index < -0.39 is 54.2 Å². The molecule has 0 saturated heterocycles. The number of hydrogen-bond donors (Lipinski definition) is 4. The molecule has 0 radical (unpaired) electrons. The van der Waals surface area contributed by atoms with Gasteiger partial charge in [0.25, 0.3) is 0 Å². The summed E-state index contributed by atoms with van der Waals surface area (Å²) in [5.41, 5.74) is 1.63. The second-order valence-electron chi connectivity index (χ2n) is 11.6. The third-order valence-electron chi connectivity index (χ3n) is 7.87. The minimum atomic E-state index is -1.15. The van der Waals surface area contributed by atoms with E-state index in [2.05, 4.69) is 0 Å². The molecule has 7 rings (SSSR count). The minimum Gasteiger partial charge on any atom is -0.481 e. The third-order valence-corrected chi connectivity index (χ3v) is 16.5. The smallest absolute Gasteiger partial charge is 0.307 e. The van der Waals surface area contributed by atoms with Gasteiger partial charge in [0.2, 0.25) is 0 Å². The molecule has 0 fully saturated rings. The lowest BCUT2D eigenvalue weighted by Gasteiger charge is -1.99. The summed E-state index contributed by atoms with van der Waals surface area (Å²) in [6, 6.07) is 10.2. The first-order chi connectivity index (χ1) is 25.7. The number of halogens is 3. The lowest BCUT2D eigenvalue weighted by Crippen LogP contribution is -1.99. The van der Waals surface area contributed by atoms with Crippen LogP contribution in [0.3, 0.4) is 0 Å². The van der Waals surface area contributed by atoms with Crippen molar-refractivity contribution in [2.45, 2.75) is 25.7 Å². The van der Waals surface area contributed by atoms with E-state index in [1.807, 2.05) is 0 Å². The fourth-order valence-electron chi connectivity index (χ4n) is 5.70. The lowest BCUT2D eigenvalue weighted by molar-refractivity contribution is -0.137. The van der Waals surface area contributed by atoms with E-state index >= 15 is 13.2 Å². The van der Waals surface area contributed by atoms with Crippen LogP contribution in [0.4, 0.5) is 13.2 Å². The SMILES string of the molecule is O=C(O)Cc1ccsc1-c1cc(F)c(-c2sc(-c3cc(F)c(-c4cc(CC(=O)O)c(-c5cc(F)c(-c6sccc6CC(=O)O)s5)s4)s3)cc2CC(=O)O)s1. The zero-order valence-corrected chi connectivity index (χ0v) is 32.7. The number of rotatable bonds is 14. The molecule has 7 aromatic heterocycles. The van der Waals surface area contributed by atoms with Crippen LogP contribution in [0.25, 0.3) is 58.5 Å². The Hall–Kier alpha value is -4.43. The molecule has 18 heteroatoms. The van der Waals surface area contributed by atoms with Crippen molar-refractivity contribution >= 4 is 103 Å². The highest BCUT2D eigenvalue weighted by atomic mass is 32.1. The van der Waals surface area contributed by atoms with Crippen LogP contribution in [0.5, 0.6) is 0 Å². The van der Waals surface area contributed by atoms with Gasteiger partial charge in [0.05, 0.1) is 50.1 Å². The number of aliphatic carboxylic acids is 4. The Kier molecular flexibility index (Phi) is 10.8. The second kappa shape index (κ2) is 15.4. The summed E-state index contributed by atoms with van der Waals surface area (Å²) in [7, 11) is 0. The third kappa shape index (κ3) is 7.72. The molecule has 4 N–H and O–H groups in total. The van der Waals surface area contributed by atoms with Crippen molar-refractivity contribution in [3.05, 3.63) is 92.9 Å². The van der Waals surface area contributed by atoms with Crippen LogP contribution in [-0.2, 0) is 44.9 Å². The van der Waals surface area contributed by atoms with Gasteiger partial charge in [-0.3, -0.25) is 19.2 Å². The monoisotopic (exact) mass is 862 g/mol. The maximum absolute atomic E-state index is 15.8. The lowest BCUT2D eigenvalue weighted by atomic mass is 10.1. The summed E-state index contributed by atoms with van der Waals surface area (Å²) in [5, 5.41) is 41.3. The molecular formula is C36H21F3O8S7. The minimum absolute atomic E-state index is 0.172. The van der Waals surface area contributed by atoms with Crippen LogP contribution >= 0.6 is 79.4 Å². The Bertz CT molecular complexity index is 2590. The van der Waals surface area contributed by atoms with Crippen molar-refractivity contribution in [2.24, 2.45) is 0 Å². The molecule has 0 saturated carbocycles. The van der Waals surface area contributed by atoms with Crippen LogP contribution in [0, 0.1) is 17.5 Å². The normalized spacial score (nSPS) is 11.4. The quantitative estimate of drug-likeness (QED) is 0.0844. The Balaban J connectivity index is 1.25. The van der Waals surface area contributed by atoms with Crippen molar-refractivity contribution < 1.29 is 52.8 Å². The molecule has 0 spiro atoms. The van der Waals surface area contributed by atoms with Gasteiger partial charge in [-0.2, -0.15) is 0 Å². The standard InChI is InChI=1S/C36H21F3O8S7/c37-18-11-22(21-5-17(10-29(46)47)33(50-21)36-20(39)12-24(53-36)30-14(1-3-48-30)7-26(40)41)51-34(18)23-6-16(9-28(44)45)31(52-23)25-13-19(38)35(54-25)32-15(2-4-49-32)8-27(42)43/h1-6,11-13H,7-10H2,(H,40,41)(H,42,43)(H,44,45)(H,46,47). The molecule has 7 heterocycles. The molecule has 0 atom stereocenters. The number of carbonyl (C=O) groups is 4. The topological polar surface area (TPSA) is 149 Å². The summed E-state index contributed by atoms with van der Waals surface area (Å²) in [4.78, 5) is 51.0. The molecule has 0 aromatic carbocycles. The number of hydrogen-bond acceptors (Lipinski definition) is 11. The predicted molar refractivity (Wildman–Crippen MR) is 209 cm³/mol. The van der Waals surface area contributed by atoms with Gasteiger partial charge in [-0.05, 0) is 75.5 Å². The molecule has 0 bridgehead atoms. The first-order valence-corrected chi connectivity index (χ1v) is 21.2. The highest BCUT2D eigenvalue weighted by Crippen LogP contribution is 2.51. The van der Waals surface area contributed by atoms with Crippen molar-refractivity contribution in [3.63, 3.8) is 0 Å². The molecule has 0 amide bonds. The molecule has 276 valence electrons. The highest BCUT2D eigenvalue weighted by molar-refractivity contribution is 7.31. The van der Waals surface area contributed by atoms with Crippen molar-refractivity contribution in [2.75, 3.05) is 0 Å². The first-order valence-electron chi connectivity index (χ1n) is 15.4. The van der Waals surface area contributed by atoms with E-state index in [0.29, 0.717) is 66.1 Å². The molecule has 8 nitrogen and oxygen atoms in total.